The van der Waals surface area contributed by atoms with E-state index in [1.54, 1.807) is 0 Å². The molecule has 0 aliphatic carbocycles. The molecule has 0 unspecified atom stereocenters. The lowest BCUT2D eigenvalue weighted by Crippen LogP contribution is -2.33. The second-order valence-corrected chi connectivity index (χ2v) is 3.51. The highest BCUT2D eigenvalue weighted by Gasteiger charge is 2.25. The molecule has 0 aromatic carbocycles. The van der Waals surface area contributed by atoms with Crippen LogP contribution in [0.1, 0.15) is 5.56 Å². The second-order valence-electron chi connectivity index (χ2n) is 3.51. The molecule has 0 bridgehead atoms. The highest BCUT2D eigenvalue weighted by atomic mass is 15.2. The normalized spacial score (nSPS) is 12.7. The predicted octanol–water partition coefficient (Wildman–Crippen LogP) is 1.57. The maximum Gasteiger partial charge on any atom is 0.233 e. The number of aromatic nitrogens is 2. The van der Waals surface area contributed by atoms with E-state index in [4.69, 9.17) is 0 Å². The first-order valence-electron chi connectivity index (χ1n) is 4.51. The first kappa shape index (κ1) is 6.89. The van der Waals surface area contributed by atoms with Crippen LogP contribution in [0.5, 0.6) is 0 Å². The summed E-state index contributed by atoms with van der Waals surface area (Å²) in [7, 11) is 0. The molecular formula is C11H11N2+. The van der Waals surface area contributed by atoms with E-state index in [0.717, 1.165) is 6.67 Å². The average Bonchev–Trinajstić information content (AvgIpc) is 2.62. The van der Waals surface area contributed by atoms with Crippen molar-refractivity contribution >= 4 is 0 Å². The van der Waals surface area contributed by atoms with Gasteiger partial charge in [0, 0.05) is 17.8 Å². The minimum absolute atomic E-state index is 0.958. The molecule has 3 rings (SSSR count). The average molecular weight is 171 g/mol. The van der Waals surface area contributed by atoms with E-state index in [2.05, 4.69) is 52.7 Å². The van der Waals surface area contributed by atoms with Gasteiger partial charge in [0.1, 0.15) is 5.69 Å². The van der Waals surface area contributed by atoms with E-state index >= 15 is 0 Å². The van der Waals surface area contributed by atoms with E-state index < -0.39 is 0 Å². The van der Waals surface area contributed by atoms with Crippen LogP contribution in [0.25, 0.3) is 11.4 Å². The lowest BCUT2D eigenvalue weighted by molar-refractivity contribution is -0.683. The van der Waals surface area contributed by atoms with Gasteiger partial charge in [-0.1, -0.05) is 0 Å². The standard InChI is InChI=1S/C11H11N2/c1-9-4-2-7-13-8-12-6-3-5-10(12)11(9)13/h2-7H,8H2,1H3/q+1. The summed E-state index contributed by atoms with van der Waals surface area (Å²) in [6.07, 6.45) is 4.26. The third-order valence-electron chi connectivity index (χ3n) is 2.65. The SMILES string of the molecule is Cc1ccc[n+]2c1-c1cccn1C2. The molecule has 0 radical (unpaired) electrons. The molecule has 0 saturated carbocycles. The van der Waals surface area contributed by atoms with Crippen LogP contribution in [0.4, 0.5) is 0 Å². The number of hydrogen-bond donors (Lipinski definition) is 0. The molecule has 2 aromatic rings. The second kappa shape index (κ2) is 2.22. The molecule has 2 nitrogen and oxygen atoms in total. The molecule has 2 heteroatoms. The van der Waals surface area contributed by atoms with E-state index in [9.17, 15) is 0 Å². The van der Waals surface area contributed by atoms with Crippen LogP contribution in [-0.2, 0) is 6.67 Å². The summed E-state index contributed by atoms with van der Waals surface area (Å²) < 4.78 is 4.55. The van der Waals surface area contributed by atoms with Crippen molar-refractivity contribution in [2.75, 3.05) is 0 Å². The maximum atomic E-state index is 2.28. The molecule has 3 heterocycles. The molecule has 1 aliphatic rings. The van der Waals surface area contributed by atoms with Crippen LogP contribution >= 0.6 is 0 Å². The Morgan fingerprint density at radius 1 is 1.31 bits per heavy atom. The zero-order chi connectivity index (χ0) is 8.84. The molecule has 0 atom stereocenters. The Morgan fingerprint density at radius 2 is 2.23 bits per heavy atom. The van der Waals surface area contributed by atoms with Crippen molar-refractivity contribution in [3.8, 4) is 11.4 Å². The summed E-state index contributed by atoms with van der Waals surface area (Å²) in [5, 5.41) is 0. The summed E-state index contributed by atoms with van der Waals surface area (Å²) in [5.74, 6) is 0. The quantitative estimate of drug-likeness (QED) is 0.454. The van der Waals surface area contributed by atoms with Gasteiger partial charge >= 0.3 is 0 Å². The fourth-order valence-electron chi connectivity index (χ4n) is 2.05. The van der Waals surface area contributed by atoms with Crippen LogP contribution < -0.4 is 4.57 Å². The topological polar surface area (TPSA) is 8.81 Å². The van der Waals surface area contributed by atoms with Crippen LogP contribution in [-0.4, -0.2) is 4.57 Å². The van der Waals surface area contributed by atoms with Gasteiger partial charge in [0.25, 0.3) is 0 Å². The van der Waals surface area contributed by atoms with E-state index in [0.29, 0.717) is 0 Å². The molecule has 0 amide bonds. The molecular weight excluding hydrogens is 160 g/mol. The summed E-state index contributed by atoms with van der Waals surface area (Å²) >= 11 is 0. The van der Waals surface area contributed by atoms with Crippen LogP contribution in [0, 0.1) is 6.92 Å². The molecule has 0 spiro atoms. The van der Waals surface area contributed by atoms with Gasteiger partial charge in [-0.15, -0.1) is 0 Å². The predicted molar refractivity (Wildman–Crippen MR) is 50.2 cm³/mol. The van der Waals surface area contributed by atoms with E-state index in [-0.39, 0.29) is 0 Å². The van der Waals surface area contributed by atoms with Gasteiger partial charge in [0.15, 0.2) is 6.20 Å². The maximum absolute atomic E-state index is 2.28. The summed E-state index contributed by atoms with van der Waals surface area (Å²) in [4.78, 5) is 0. The molecule has 2 aromatic heterocycles. The lowest BCUT2D eigenvalue weighted by Gasteiger charge is -1.94. The van der Waals surface area contributed by atoms with E-state index in [1.165, 1.54) is 17.0 Å². The van der Waals surface area contributed by atoms with Crippen LogP contribution in [0.2, 0.25) is 0 Å². The molecule has 1 aliphatic heterocycles. The molecule has 13 heavy (non-hydrogen) atoms. The highest BCUT2D eigenvalue weighted by Crippen LogP contribution is 2.23. The van der Waals surface area contributed by atoms with Crippen molar-refractivity contribution in [3.05, 3.63) is 42.2 Å². The number of fused-ring (bicyclic) bond motifs is 3. The third kappa shape index (κ3) is 0.800. The van der Waals surface area contributed by atoms with Crippen molar-refractivity contribution in [1.82, 2.24) is 4.57 Å². The van der Waals surface area contributed by atoms with Gasteiger partial charge in [-0.2, -0.15) is 4.57 Å². The Morgan fingerprint density at radius 3 is 3.15 bits per heavy atom. The fraction of sp³-hybridized carbons (Fsp3) is 0.182. The van der Waals surface area contributed by atoms with Crippen molar-refractivity contribution < 1.29 is 4.57 Å². The smallest absolute Gasteiger partial charge is 0.233 e. The summed E-state index contributed by atoms with van der Waals surface area (Å²) in [6.45, 7) is 3.12. The summed E-state index contributed by atoms with van der Waals surface area (Å²) in [6, 6.07) is 8.54. The number of pyridine rings is 1. The summed E-state index contributed by atoms with van der Waals surface area (Å²) in [5.41, 5.74) is 4.03. The van der Waals surface area contributed by atoms with Gasteiger partial charge in [0.2, 0.25) is 12.4 Å². The Bertz CT molecular complexity index is 469. The lowest BCUT2D eigenvalue weighted by atomic mass is 10.2. The van der Waals surface area contributed by atoms with Gasteiger partial charge < -0.3 is 0 Å². The van der Waals surface area contributed by atoms with Crippen LogP contribution in [0.15, 0.2) is 36.7 Å². The number of nitrogens with zero attached hydrogens (tertiary/aromatic N) is 2. The van der Waals surface area contributed by atoms with Crippen molar-refractivity contribution in [2.45, 2.75) is 13.6 Å². The third-order valence-corrected chi connectivity index (χ3v) is 2.65. The molecule has 0 N–H and O–H groups in total. The Kier molecular flexibility index (Phi) is 1.18. The molecule has 64 valence electrons. The number of rotatable bonds is 0. The zero-order valence-corrected chi connectivity index (χ0v) is 7.57. The minimum Gasteiger partial charge on any atom is -0.286 e. The first-order valence-corrected chi connectivity index (χ1v) is 4.51. The van der Waals surface area contributed by atoms with Gasteiger partial charge in [-0.05, 0) is 25.1 Å². The van der Waals surface area contributed by atoms with E-state index in [1.807, 2.05) is 0 Å². The number of aryl methyl sites for hydroxylation is 1. The van der Waals surface area contributed by atoms with Crippen molar-refractivity contribution in [2.24, 2.45) is 0 Å². The van der Waals surface area contributed by atoms with Gasteiger partial charge in [0.05, 0.1) is 0 Å². The molecule has 0 fully saturated rings. The molecule has 0 saturated heterocycles. The Hall–Kier alpha value is -1.57. The van der Waals surface area contributed by atoms with Crippen LogP contribution in [0.3, 0.4) is 0 Å². The van der Waals surface area contributed by atoms with Crippen molar-refractivity contribution in [3.63, 3.8) is 0 Å². The minimum atomic E-state index is 0.958. The van der Waals surface area contributed by atoms with Crippen molar-refractivity contribution in [1.29, 1.82) is 0 Å². The monoisotopic (exact) mass is 171 g/mol. The highest BCUT2D eigenvalue weighted by molar-refractivity contribution is 5.57. The van der Waals surface area contributed by atoms with Gasteiger partial charge in [-0.3, -0.25) is 4.57 Å². The Balaban J connectivity index is 2.37. The first-order chi connectivity index (χ1) is 6.36. The number of hydrogen-bond acceptors (Lipinski definition) is 0. The zero-order valence-electron chi connectivity index (χ0n) is 7.57. The Labute approximate surface area is 77.1 Å². The fourth-order valence-corrected chi connectivity index (χ4v) is 2.05. The largest absolute Gasteiger partial charge is 0.286 e. The van der Waals surface area contributed by atoms with Gasteiger partial charge in [-0.25, -0.2) is 0 Å².